The van der Waals surface area contributed by atoms with Crippen LogP contribution < -0.4 is 4.90 Å². The van der Waals surface area contributed by atoms with Gasteiger partial charge in [0.15, 0.2) is 0 Å². The SMILES string of the molecule is O=C(c1cc(N2CCOCC2)ccn1)N1CCC(c2nc3ccccc3s2)CC1. The number of morpholine rings is 1. The van der Waals surface area contributed by atoms with E-state index in [4.69, 9.17) is 9.72 Å². The number of ether oxygens (including phenoxy) is 1. The van der Waals surface area contributed by atoms with E-state index in [2.05, 4.69) is 28.1 Å². The maximum absolute atomic E-state index is 13.0. The highest BCUT2D eigenvalue weighted by Crippen LogP contribution is 2.34. The van der Waals surface area contributed by atoms with Gasteiger partial charge in [0.05, 0.1) is 28.4 Å². The summed E-state index contributed by atoms with van der Waals surface area (Å²) in [6.45, 7) is 4.66. The molecule has 2 aliphatic rings. The summed E-state index contributed by atoms with van der Waals surface area (Å²) >= 11 is 1.78. The Bertz CT molecular complexity index is 974. The van der Waals surface area contributed by atoms with E-state index in [0.29, 0.717) is 11.6 Å². The van der Waals surface area contributed by atoms with E-state index in [9.17, 15) is 4.79 Å². The normalized spacial score (nSPS) is 18.3. The molecule has 1 aromatic carbocycles. The molecule has 4 heterocycles. The molecule has 29 heavy (non-hydrogen) atoms. The maximum atomic E-state index is 13.0. The number of carbonyl (C=O) groups excluding carboxylic acids is 1. The molecule has 2 aromatic heterocycles. The Balaban J connectivity index is 1.25. The number of carbonyl (C=O) groups is 1. The molecule has 2 fully saturated rings. The number of amides is 1. The number of para-hydroxylation sites is 1. The summed E-state index contributed by atoms with van der Waals surface area (Å²) in [5.41, 5.74) is 2.67. The Hall–Kier alpha value is -2.51. The van der Waals surface area contributed by atoms with Crippen molar-refractivity contribution < 1.29 is 9.53 Å². The van der Waals surface area contributed by atoms with Crippen molar-refractivity contribution in [2.75, 3.05) is 44.3 Å². The van der Waals surface area contributed by atoms with Gasteiger partial charge in [-0.1, -0.05) is 12.1 Å². The number of piperidine rings is 1. The monoisotopic (exact) mass is 408 g/mol. The Morgan fingerprint density at radius 2 is 1.86 bits per heavy atom. The van der Waals surface area contributed by atoms with Gasteiger partial charge in [-0.2, -0.15) is 0 Å². The summed E-state index contributed by atoms with van der Waals surface area (Å²) in [6, 6.07) is 12.2. The van der Waals surface area contributed by atoms with Crippen molar-refractivity contribution in [1.29, 1.82) is 0 Å². The average molecular weight is 409 g/mol. The van der Waals surface area contributed by atoms with Crippen LogP contribution in [-0.2, 0) is 4.74 Å². The van der Waals surface area contributed by atoms with Crippen LogP contribution in [0.15, 0.2) is 42.6 Å². The zero-order valence-electron chi connectivity index (χ0n) is 16.3. The number of likely N-dealkylation sites (tertiary alicyclic amines) is 1. The first kappa shape index (κ1) is 18.5. The highest BCUT2D eigenvalue weighted by atomic mass is 32.1. The fraction of sp³-hybridized carbons (Fsp3) is 0.409. The van der Waals surface area contributed by atoms with Crippen molar-refractivity contribution in [3.8, 4) is 0 Å². The summed E-state index contributed by atoms with van der Waals surface area (Å²) in [5.74, 6) is 0.465. The number of aromatic nitrogens is 2. The molecule has 1 amide bonds. The van der Waals surface area contributed by atoms with Crippen molar-refractivity contribution in [3.63, 3.8) is 0 Å². The molecular formula is C22H24N4O2S. The van der Waals surface area contributed by atoms with Crippen molar-refractivity contribution in [2.24, 2.45) is 0 Å². The van der Waals surface area contributed by atoms with Crippen LogP contribution in [0.5, 0.6) is 0 Å². The number of anilines is 1. The Kier molecular flexibility index (Phi) is 5.16. The lowest BCUT2D eigenvalue weighted by molar-refractivity contribution is 0.0707. The third-order valence-corrected chi connectivity index (χ3v) is 6.98. The predicted molar refractivity (Wildman–Crippen MR) is 115 cm³/mol. The smallest absolute Gasteiger partial charge is 0.272 e. The molecule has 0 bridgehead atoms. The minimum atomic E-state index is 0.0304. The fourth-order valence-corrected chi connectivity index (χ4v) is 5.25. The highest BCUT2D eigenvalue weighted by Gasteiger charge is 2.27. The zero-order chi connectivity index (χ0) is 19.6. The van der Waals surface area contributed by atoms with Gasteiger partial charge in [-0.3, -0.25) is 9.78 Å². The number of hydrogen-bond donors (Lipinski definition) is 0. The Labute approximate surface area is 174 Å². The molecule has 0 saturated carbocycles. The molecule has 0 aliphatic carbocycles. The number of thiazole rings is 1. The number of benzene rings is 1. The molecule has 7 heteroatoms. The minimum Gasteiger partial charge on any atom is -0.378 e. The molecule has 0 atom stereocenters. The number of pyridine rings is 1. The lowest BCUT2D eigenvalue weighted by Gasteiger charge is -2.31. The summed E-state index contributed by atoms with van der Waals surface area (Å²) in [7, 11) is 0. The quantitative estimate of drug-likeness (QED) is 0.663. The molecule has 2 saturated heterocycles. The first-order valence-corrected chi connectivity index (χ1v) is 11.0. The van der Waals surface area contributed by atoms with Crippen LogP contribution in [0.2, 0.25) is 0 Å². The highest BCUT2D eigenvalue weighted by molar-refractivity contribution is 7.18. The molecule has 6 nitrogen and oxygen atoms in total. The third-order valence-electron chi connectivity index (χ3n) is 5.78. The molecule has 2 aliphatic heterocycles. The largest absolute Gasteiger partial charge is 0.378 e. The number of nitrogens with zero attached hydrogens (tertiary/aromatic N) is 4. The van der Waals surface area contributed by atoms with Crippen LogP contribution in [0.1, 0.15) is 34.3 Å². The second-order valence-corrected chi connectivity index (χ2v) is 8.65. The van der Waals surface area contributed by atoms with Gasteiger partial charge in [0.2, 0.25) is 0 Å². The molecule has 0 spiro atoms. The molecule has 150 valence electrons. The molecule has 5 rings (SSSR count). The summed E-state index contributed by atoms with van der Waals surface area (Å²) < 4.78 is 6.66. The fourth-order valence-electron chi connectivity index (χ4n) is 4.11. The Morgan fingerprint density at radius 3 is 2.66 bits per heavy atom. The van der Waals surface area contributed by atoms with Crippen molar-refractivity contribution in [3.05, 3.63) is 53.3 Å². The van der Waals surface area contributed by atoms with E-state index in [1.807, 2.05) is 23.1 Å². The van der Waals surface area contributed by atoms with Crippen LogP contribution >= 0.6 is 11.3 Å². The molecule has 0 N–H and O–H groups in total. The van der Waals surface area contributed by atoms with Crippen molar-refractivity contribution >= 4 is 33.1 Å². The minimum absolute atomic E-state index is 0.0304. The average Bonchev–Trinajstić information content (AvgIpc) is 3.24. The predicted octanol–water partition coefficient (Wildman–Crippen LogP) is 3.55. The van der Waals surface area contributed by atoms with Crippen molar-refractivity contribution in [1.82, 2.24) is 14.9 Å². The van der Waals surface area contributed by atoms with Crippen LogP contribution in [0.4, 0.5) is 5.69 Å². The van der Waals surface area contributed by atoms with Gasteiger partial charge in [-0.15, -0.1) is 11.3 Å². The van der Waals surface area contributed by atoms with Crippen LogP contribution in [0.25, 0.3) is 10.2 Å². The van der Waals surface area contributed by atoms with E-state index in [-0.39, 0.29) is 5.91 Å². The second kappa shape index (κ2) is 8.08. The van der Waals surface area contributed by atoms with Crippen LogP contribution in [0, 0.1) is 0 Å². The lowest BCUT2D eigenvalue weighted by atomic mass is 9.97. The number of hydrogen-bond acceptors (Lipinski definition) is 6. The summed E-state index contributed by atoms with van der Waals surface area (Å²) in [4.78, 5) is 26.4. The summed E-state index contributed by atoms with van der Waals surface area (Å²) in [6.07, 6.45) is 3.65. The topological polar surface area (TPSA) is 58.6 Å². The first-order valence-electron chi connectivity index (χ1n) is 10.2. The number of rotatable bonds is 3. The lowest BCUT2D eigenvalue weighted by Crippen LogP contribution is -2.39. The van der Waals surface area contributed by atoms with E-state index in [0.717, 1.165) is 63.4 Å². The molecule has 0 unspecified atom stereocenters. The second-order valence-electron chi connectivity index (χ2n) is 7.59. The van der Waals surface area contributed by atoms with Crippen molar-refractivity contribution in [2.45, 2.75) is 18.8 Å². The van der Waals surface area contributed by atoms with Gasteiger partial charge >= 0.3 is 0 Å². The van der Waals surface area contributed by atoms with Gasteiger partial charge in [0, 0.05) is 44.0 Å². The first-order chi connectivity index (χ1) is 14.3. The van der Waals surface area contributed by atoms with Gasteiger partial charge in [-0.05, 0) is 37.1 Å². The van der Waals surface area contributed by atoms with E-state index in [1.54, 1.807) is 17.5 Å². The molecule has 3 aromatic rings. The van der Waals surface area contributed by atoms with E-state index in [1.165, 1.54) is 9.71 Å². The van der Waals surface area contributed by atoms with Crippen LogP contribution in [0.3, 0.4) is 0 Å². The molecule has 0 radical (unpaired) electrons. The number of fused-ring (bicyclic) bond motifs is 1. The van der Waals surface area contributed by atoms with Gasteiger partial charge in [0.1, 0.15) is 5.69 Å². The van der Waals surface area contributed by atoms with E-state index >= 15 is 0 Å². The van der Waals surface area contributed by atoms with E-state index < -0.39 is 0 Å². The Morgan fingerprint density at radius 1 is 1.07 bits per heavy atom. The van der Waals surface area contributed by atoms with Gasteiger partial charge < -0.3 is 14.5 Å². The zero-order valence-corrected chi connectivity index (χ0v) is 17.1. The maximum Gasteiger partial charge on any atom is 0.272 e. The van der Waals surface area contributed by atoms with Crippen LogP contribution in [-0.4, -0.2) is 60.2 Å². The molecular weight excluding hydrogens is 384 g/mol. The summed E-state index contributed by atoms with van der Waals surface area (Å²) in [5, 5.41) is 1.20. The van der Waals surface area contributed by atoms with Gasteiger partial charge in [0.25, 0.3) is 5.91 Å². The standard InChI is InChI=1S/C22H24N4O2S/c27-22(19-15-17(5-8-23-19)25-11-13-28-14-12-25)26-9-6-16(7-10-26)21-24-18-3-1-2-4-20(18)29-21/h1-5,8,15-16H,6-7,9-14H2. The van der Waals surface area contributed by atoms with Gasteiger partial charge in [-0.25, -0.2) is 4.98 Å². The third kappa shape index (κ3) is 3.84.